The summed E-state index contributed by atoms with van der Waals surface area (Å²) >= 11 is 1.61. The third-order valence-electron chi connectivity index (χ3n) is 3.25. The molecule has 24 heavy (non-hydrogen) atoms. The van der Waals surface area contributed by atoms with Crippen LogP contribution in [0.15, 0.2) is 35.7 Å². The molecule has 1 aromatic carbocycles. The van der Waals surface area contributed by atoms with Gasteiger partial charge in [0.05, 0.1) is 5.69 Å². The Morgan fingerprint density at radius 2 is 2.08 bits per heavy atom. The average Bonchev–Trinajstić information content (AvgIpc) is 3.04. The lowest BCUT2D eigenvalue weighted by Gasteiger charge is -2.14. The minimum atomic E-state index is -1.10. The maximum absolute atomic E-state index is 13.5. The number of rotatable bonds is 7. The number of hydrogen-bond donors (Lipinski definition) is 1. The summed E-state index contributed by atoms with van der Waals surface area (Å²) in [5, 5.41) is 4.17. The Hall–Kier alpha value is -2.28. The van der Waals surface area contributed by atoms with E-state index in [4.69, 9.17) is 4.74 Å². The Kier molecular flexibility index (Phi) is 6.43. The van der Waals surface area contributed by atoms with Crippen LogP contribution < -0.4 is 5.32 Å². The summed E-state index contributed by atoms with van der Waals surface area (Å²) in [6.07, 6.45) is 0.472. The predicted molar refractivity (Wildman–Crippen MR) is 87.8 cm³/mol. The first-order chi connectivity index (χ1) is 11.5. The van der Waals surface area contributed by atoms with Gasteiger partial charge >= 0.3 is 5.97 Å². The monoisotopic (exact) mass is 353 g/mol. The molecule has 0 aliphatic carbocycles. The quantitative estimate of drug-likeness (QED) is 0.768. The van der Waals surface area contributed by atoms with Crippen LogP contribution in [0.4, 0.5) is 14.5 Å². The molecular weight excluding hydrogens is 336 g/mol. The largest absolute Gasteiger partial charge is 0.453 e. The highest BCUT2D eigenvalue weighted by Gasteiger charge is 2.19. The molecule has 2 aromatic rings. The zero-order valence-electron chi connectivity index (χ0n) is 13.1. The number of carbonyl (C=O) groups is 2. The molecule has 0 saturated heterocycles. The summed E-state index contributed by atoms with van der Waals surface area (Å²) in [6.45, 7) is 1.38. The van der Waals surface area contributed by atoms with Crippen LogP contribution >= 0.6 is 11.3 Å². The molecule has 1 aromatic heterocycles. The smallest absolute Gasteiger partial charge is 0.306 e. The Morgan fingerprint density at radius 3 is 2.79 bits per heavy atom. The van der Waals surface area contributed by atoms with Crippen molar-refractivity contribution in [3.63, 3.8) is 0 Å². The number of amides is 1. The summed E-state index contributed by atoms with van der Waals surface area (Å²) in [5.41, 5.74) is -0.291. The number of carbonyl (C=O) groups excluding carboxylic acids is 2. The first kappa shape index (κ1) is 18.1. The average molecular weight is 353 g/mol. The second-order valence-corrected chi connectivity index (χ2v) is 6.21. The van der Waals surface area contributed by atoms with E-state index >= 15 is 0 Å². The molecule has 1 N–H and O–H groups in total. The van der Waals surface area contributed by atoms with Crippen molar-refractivity contribution in [1.29, 1.82) is 0 Å². The lowest BCUT2D eigenvalue weighted by atomic mass is 10.2. The summed E-state index contributed by atoms with van der Waals surface area (Å²) in [6, 6.07) is 6.65. The van der Waals surface area contributed by atoms with E-state index in [1.165, 1.54) is 11.8 Å². The highest BCUT2D eigenvalue weighted by atomic mass is 32.1. The number of esters is 1. The fourth-order valence-corrected chi connectivity index (χ4v) is 2.75. The molecule has 0 bridgehead atoms. The van der Waals surface area contributed by atoms with Crippen molar-refractivity contribution >= 4 is 28.9 Å². The molecule has 0 saturated carbocycles. The second kappa shape index (κ2) is 8.54. The van der Waals surface area contributed by atoms with Crippen LogP contribution in [0.1, 0.15) is 24.6 Å². The number of nitrogens with one attached hydrogen (secondary N) is 1. The van der Waals surface area contributed by atoms with Crippen LogP contribution in [0.2, 0.25) is 0 Å². The van der Waals surface area contributed by atoms with Crippen molar-refractivity contribution in [2.24, 2.45) is 0 Å². The van der Waals surface area contributed by atoms with Crippen LogP contribution in [-0.2, 0) is 20.7 Å². The zero-order chi connectivity index (χ0) is 17.5. The minimum Gasteiger partial charge on any atom is -0.453 e. The van der Waals surface area contributed by atoms with Crippen molar-refractivity contribution in [1.82, 2.24) is 0 Å². The summed E-state index contributed by atoms with van der Waals surface area (Å²) in [5.74, 6) is -2.66. The van der Waals surface area contributed by atoms with Crippen LogP contribution in [0.5, 0.6) is 0 Å². The molecule has 0 radical (unpaired) electrons. The fraction of sp³-hybridized carbons (Fsp3) is 0.294. The van der Waals surface area contributed by atoms with Crippen LogP contribution in [-0.4, -0.2) is 18.0 Å². The van der Waals surface area contributed by atoms with Gasteiger partial charge in [0.25, 0.3) is 5.91 Å². The van der Waals surface area contributed by atoms with Crippen molar-refractivity contribution in [3.8, 4) is 0 Å². The Morgan fingerprint density at radius 1 is 1.29 bits per heavy atom. The van der Waals surface area contributed by atoms with Gasteiger partial charge in [-0.15, -0.1) is 11.3 Å². The Bertz CT molecular complexity index is 704. The molecule has 1 atom stereocenters. The molecule has 0 aliphatic heterocycles. The molecule has 128 valence electrons. The summed E-state index contributed by atoms with van der Waals surface area (Å²) < 4.78 is 31.5. The van der Waals surface area contributed by atoms with Gasteiger partial charge in [-0.2, -0.15) is 0 Å². The van der Waals surface area contributed by atoms with Gasteiger partial charge in [0, 0.05) is 17.4 Å². The summed E-state index contributed by atoms with van der Waals surface area (Å²) in [4.78, 5) is 24.8. The van der Waals surface area contributed by atoms with Gasteiger partial charge in [0.2, 0.25) is 0 Å². The van der Waals surface area contributed by atoms with Crippen LogP contribution in [0.3, 0.4) is 0 Å². The topological polar surface area (TPSA) is 55.4 Å². The van der Waals surface area contributed by atoms with E-state index in [2.05, 4.69) is 5.32 Å². The highest BCUT2D eigenvalue weighted by molar-refractivity contribution is 7.09. The van der Waals surface area contributed by atoms with Gasteiger partial charge in [-0.1, -0.05) is 6.07 Å². The molecule has 1 amide bonds. The number of thiophene rings is 1. The van der Waals surface area contributed by atoms with Gasteiger partial charge in [-0.3, -0.25) is 9.59 Å². The number of ether oxygens (including phenoxy) is 1. The second-order valence-electron chi connectivity index (χ2n) is 5.18. The third kappa shape index (κ3) is 5.42. The maximum Gasteiger partial charge on any atom is 0.306 e. The van der Waals surface area contributed by atoms with Crippen molar-refractivity contribution in [2.75, 3.05) is 5.32 Å². The van der Waals surface area contributed by atoms with Crippen LogP contribution in [0.25, 0.3) is 0 Å². The molecule has 0 aliphatic rings. The summed E-state index contributed by atoms with van der Waals surface area (Å²) in [7, 11) is 0. The molecular formula is C17H17F2NO3S. The molecule has 1 heterocycles. The van der Waals surface area contributed by atoms with Gasteiger partial charge in [0.1, 0.15) is 11.6 Å². The number of hydrogen-bond acceptors (Lipinski definition) is 4. The first-order valence-electron chi connectivity index (χ1n) is 7.43. The maximum atomic E-state index is 13.5. The number of aryl methyl sites for hydroxylation is 1. The molecule has 0 spiro atoms. The predicted octanol–water partition coefficient (Wildman–Crippen LogP) is 3.92. The first-order valence-corrected chi connectivity index (χ1v) is 8.31. The van der Waals surface area contributed by atoms with Gasteiger partial charge in [-0.25, -0.2) is 8.78 Å². The SMILES string of the molecule is C[C@H](OC(=O)CCCc1cccs1)C(=O)Nc1cc(F)ccc1F. The molecule has 0 unspecified atom stereocenters. The van der Waals surface area contributed by atoms with E-state index < -0.39 is 29.6 Å². The van der Waals surface area contributed by atoms with Gasteiger partial charge in [0.15, 0.2) is 6.10 Å². The minimum absolute atomic E-state index is 0.184. The van der Waals surface area contributed by atoms with E-state index in [0.717, 1.165) is 24.6 Å². The number of halogens is 2. The molecule has 4 nitrogen and oxygen atoms in total. The lowest BCUT2D eigenvalue weighted by molar-refractivity contribution is -0.153. The molecule has 0 fully saturated rings. The van der Waals surface area contributed by atoms with Gasteiger partial charge in [-0.05, 0) is 43.3 Å². The van der Waals surface area contributed by atoms with E-state index in [1.54, 1.807) is 11.3 Å². The number of benzene rings is 1. The lowest BCUT2D eigenvalue weighted by Crippen LogP contribution is -2.30. The normalized spacial score (nSPS) is 11.8. The van der Waals surface area contributed by atoms with E-state index in [0.29, 0.717) is 6.42 Å². The van der Waals surface area contributed by atoms with E-state index in [1.807, 2.05) is 17.5 Å². The van der Waals surface area contributed by atoms with Crippen molar-refractivity contribution in [3.05, 3.63) is 52.2 Å². The van der Waals surface area contributed by atoms with Crippen molar-refractivity contribution < 1.29 is 23.1 Å². The number of anilines is 1. The zero-order valence-corrected chi connectivity index (χ0v) is 13.9. The third-order valence-corrected chi connectivity index (χ3v) is 4.18. The Labute approximate surface area is 142 Å². The highest BCUT2D eigenvalue weighted by Crippen LogP contribution is 2.16. The Balaban J connectivity index is 1.78. The molecule has 2 rings (SSSR count). The van der Waals surface area contributed by atoms with Gasteiger partial charge < -0.3 is 10.1 Å². The van der Waals surface area contributed by atoms with E-state index in [9.17, 15) is 18.4 Å². The standard InChI is InChI=1S/C17H17F2NO3S/c1-11(17(22)20-15-10-12(18)7-8-14(15)19)23-16(21)6-2-4-13-5-3-9-24-13/h3,5,7-11H,2,4,6H2,1H3,(H,20,22)/t11-/m0/s1. The fourth-order valence-electron chi connectivity index (χ4n) is 2.00. The van der Waals surface area contributed by atoms with Crippen LogP contribution in [0, 0.1) is 11.6 Å². The van der Waals surface area contributed by atoms with Crippen molar-refractivity contribution in [2.45, 2.75) is 32.3 Å². The van der Waals surface area contributed by atoms with E-state index in [-0.39, 0.29) is 12.1 Å². The molecule has 7 heteroatoms.